The Balaban J connectivity index is 2.13. The Hall–Kier alpha value is -0.126. The van der Waals surface area contributed by atoms with Gasteiger partial charge in [0, 0.05) is 5.92 Å². The van der Waals surface area contributed by atoms with Crippen molar-refractivity contribution in [2.75, 3.05) is 0 Å². The van der Waals surface area contributed by atoms with Gasteiger partial charge in [-0.25, -0.2) is 0 Å². The SMILES string of the molecule is C[SiH](CC(C1=CCCCCC1)C1=CCCCCC1)O[Si](C)(C)C. The van der Waals surface area contributed by atoms with Gasteiger partial charge in [-0.2, -0.15) is 0 Å². The number of hydrogen-bond donors (Lipinski definition) is 0. The molecule has 0 bridgehead atoms. The molecule has 0 aromatic heterocycles. The van der Waals surface area contributed by atoms with Gasteiger partial charge in [-0.1, -0.05) is 36.1 Å². The Morgan fingerprint density at radius 3 is 1.91 bits per heavy atom. The van der Waals surface area contributed by atoms with Crippen molar-refractivity contribution in [2.45, 2.75) is 96.4 Å². The van der Waals surface area contributed by atoms with Crippen LogP contribution in [-0.2, 0) is 4.12 Å². The lowest BCUT2D eigenvalue weighted by Crippen LogP contribution is -2.34. The molecule has 0 fully saturated rings. The van der Waals surface area contributed by atoms with Crippen LogP contribution in [0.2, 0.25) is 32.2 Å². The van der Waals surface area contributed by atoms with Crippen LogP contribution < -0.4 is 0 Å². The van der Waals surface area contributed by atoms with Crippen LogP contribution in [0.3, 0.4) is 0 Å². The van der Waals surface area contributed by atoms with E-state index in [2.05, 4.69) is 38.3 Å². The molecule has 0 spiro atoms. The first-order chi connectivity index (χ1) is 11.0. The second kappa shape index (κ2) is 9.38. The zero-order valence-electron chi connectivity index (χ0n) is 16.0. The Bertz CT molecular complexity index is 392. The van der Waals surface area contributed by atoms with E-state index < -0.39 is 17.4 Å². The molecule has 1 nitrogen and oxygen atoms in total. The second-order valence-electron chi connectivity index (χ2n) is 8.59. The average Bonchev–Trinajstić information content (AvgIpc) is 2.88. The van der Waals surface area contributed by atoms with Gasteiger partial charge in [-0.05, 0) is 83.6 Å². The molecule has 2 rings (SSSR count). The molecule has 132 valence electrons. The first kappa shape index (κ1) is 19.2. The minimum atomic E-state index is -1.38. The van der Waals surface area contributed by atoms with Crippen LogP contribution in [0.1, 0.15) is 64.2 Å². The Kier molecular flexibility index (Phi) is 7.83. The summed E-state index contributed by atoms with van der Waals surface area (Å²) in [6.45, 7) is 9.49. The lowest BCUT2D eigenvalue weighted by atomic mass is 9.87. The van der Waals surface area contributed by atoms with Gasteiger partial charge >= 0.3 is 0 Å². The second-order valence-corrected chi connectivity index (χ2v) is 15.8. The lowest BCUT2D eigenvalue weighted by Gasteiger charge is -2.29. The maximum atomic E-state index is 6.54. The number of hydrogen-bond acceptors (Lipinski definition) is 1. The quantitative estimate of drug-likeness (QED) is 0.388. The third kappa shape index (κ3) is 7.10. The normalized spacial score (nSPS) is 22.1. The van der Waals surface area contributed by atoms with Crippen LogP contribution in [-0.4, -0.2) is 17.4 Å². The topological polar surface area (TPSA) is 9.23 Å². The van der Waals surface area contributed by atoms with Crippen molar-refractivity contribution >= 4 is 17.4 Å². The van der Waals surface area contributed by atoms with Gasteiger partial charge in [0.05, 0.1) is 0 Å². The van der Waals surface area contributed by atoms with Crippen LogP contribution in [0.15, 0.2) is 23.3 Å². The fraction of sp³-hybridized carbons (Fsp3) is 0.800. The Morgan fingerprint density at radius 1 is 0.913 bits per heavy atom. The van der Waals surface area contributed by atoms with Gasteiger partial charge in [0.1, 0.15) is 0 Å². The van der Waals surface area contributed by atoms with Crippen molar-refractivity contribution in [1.29, 1.82) is 0 Å². The molecular formula is C20H38OSi2. The van der Waals surface area contributed by atoms with E-state index in [1.807, 2.05) is 0 Å². The summed E-state index contributed by atoms with van der Waals surface area (Å²) in [7, 11) is -2.46. The summed E-state index contributed by atoms with van der Waals surface area (Å²) in [6, 6.07) is 1.34. The average molecular weight is 351 g/mol. The summed E-state index contributed by atoms with van der Waals surface area (Å²) in [4.78, 5) is 0. The highest BCUT2D eigenvalue weighted by molar-refractivity contribution is 6.77. The molecule has 0 N–H and O–H groups in total. The Labute approximate surface area is 147 Å². The first-order valence-electron chi connectivity index (χ1n) is 10.0. The first-order valence-corrected chi connectivity index (χ1v) is 15.9. The molecule has 3 heteroatoms. The zero-order valence-corrected chi connectivity index (χ0v) is 18.2. The van der Waals surface area contributed by atoms with E-state index in [9.17, 15) is 0 Å². The molecule has 0 aromatic carbocycles. The van der Waals surface area contributed by atoms with Crippen LogP contribution in [0.25, 0.3) is 0 Å². The Morgan fingerprint density at radius 2 is 1.43 bits per heavy atom. The van der Waals surface area contributed by atoms with Crippen molar-refractivity contribution in [2.24, 2.45) is 5.92 Å². The van der Waals surface area contributed by atoms with E-state index in [-0.39, 0.29) is 0 Å². The molecule has 0 radical (unpaired) electrons. The standard InChI is InChI=1S/C20H38OSi2/c1-22(21-23(2,3)4)17-20(18-13-9-5-6-10-14-18)19-15-11-7-8-12-16-19/h13,15,20,22H,5-12,14,16-17H2,1-4H3. The molecule has 23 heavy (non-hydrogen) atoms. The fourth-order valence-electron chi connectivity index (χ4n) is 4.24. The summed E-state index contributed by atoms with van der Waals surface area (Å²) < 4.78 is 6.54. The van der Waals surface area contributed by atoms with Gasteiger partial charge in [-0.3, -0.25) is 0 Å². The van der Waals surface area contributed by atoms with Crippen molar-refractivity contribution in [3.63, 3.8) is 0 Å². The highest BCUT2D eigenvalue weighted by Crippen LogP contribution is 2.36. The van der Waals surface area contributed by atoms with Gasteiger partial charge in [-0.15, -0.1) is 0 Å². The van der Waals surface area contributed by atoms with Crippen molar-refractivity contribution in [3.05, 3.63) is 23.3 Å². The monoisotopic (exact) mass is 350 g/mol. The summed E-state index contributed by atoms with van der Waals surface area (Å²) in [6.07, 6.45) is 19.0. The molecule has 0 aromatic rings. The van der Waals surface area contributed by atoms with Crippen molar-refractivity contribution in [3.8, 4) is 0 Å². The van der Waals surface area contributed by atoms with Gasteiger partial charge < -0.3 is 4.12 Å². The smallest absolute Gasteiger partial charge is 0.170 e. The molecule has 0 saturated carbocycles. The molecule has 0 heterocycles. The lowest BCUT2D eigenvalue weighted by molar-refractivity contribution is 0.552. The van der Waals surface area contributed by atoms with Crippen LogP contribution in [0.4, 0.5) is 0 Å². The van der Waals surface area contributed by atoms with E-state index in [1.54, 1.807) is 11.1 Å². The van der Waals surface area contributed by atoms with Crippen molar-refractivity contribution in [1.82, 2.24) is 0 Å². The fourth-order valence-corrected chi connectivity index (χ4v) is 10.7. The summed E-state index contributed by atoms with van der Waals surface area (Å²) in [5.41, 5.74) is 3.54. The van der Waals surface area contributed by atoms with E-state index in [4.69, 9.17) is 4.12 Å². The predicted molar refractivity (Wildman–Crippen MR) is 108 cm³/mol. The van der Waals surface area contributed by atoms with Crippen LogP contribution in [0, 0.1) is 5.92 Å². The molecule has 0 aliphatic heterocycles. The zero-order chi connectivity index (χ0) is 16.7. The maximum Gasteiger partial charge on any atom is 0.170 e. The van der Waals surface area contributed by atoms with E-state index in [0.717, 1.165) is 5.92 Å². The van der Waals surface area contributed by atoms with Gasteiger partial charge in [0.15, 0.2) is 17.4 Å². The van der Waals surface area contributed by atoms with Gasteiger partial charge in [0.25, 0.3) is 0 Å². The van der Waals surface area contributed by atoms with Gasteiger partial charge in [0.2, 0.25) is 0 Å². The molecule has 0 amide bonds. The maximum absolute atomic E-state index is 6.54. The molecule has 2 aliphatic rings. The third-order valence-corrected chi connectivity index (χ3v) is 10.7. The third-order valence-electron chi connectivity index (χ3n) is 5.17. The molecule has 1 unspecified atom stereocenters. The number of allylic oxidation sites excluding steroid dienone is 4. The minimum absolute atomic E-state index is 0.726. The van der Waals surface area contributed by atoms with E-state index >= 15 is 0 Å². The molecule has 1 atom stereocenters. The largest absolute Gasteiger partial charge is 0.458 e. The summed E-state index contributed by atoms with van der Waals surface area (Å²) in [5.74, 6) is 0.726. The predicted octanol–water partition coefficient (Wildman–Crippen LogP) is 6.59. The summed E-state index contributed by atoms with van der Waals surface area (Å²) in [5, 5.41) is 0. The molecule has 2 aliphatic carbocycles. The summed E-state index contributed by atoms with van der Waals surface area (Å²) >= 11 is 0. The highest BCUT2D eigenvalue weighted by Gasteiger charge is 2.26. The highest BCUT2D eigenvalue weighted by atomic mass is 28.4. The molecular weight excluding hydrogens is 312 g/mol. The van der Waals surface area contributed by atoms with E-state index in [1.165, 1.54) is 70.3 Å². The van der Waals surface area contributed by atoms with Crippen molar-refractivity contribution < 1.29 is 4.12 Å². The molecule has 0 saturated heterocycles. The minimum Gasteiger partial charge on any atom is -0.458 e. The van der Waals surface area contributed by atoms with E-state index in [0.29, 0.717) is 0 Å². The van der Waals surface area contributed by atoms with Crippen LogP contribution >= 0.6 is 0 Å². The number of rotatable bonds is 6. The van der Waals surface area contributed by atoms with Crippen LogP contribution in [0.5, 0.6) is 0 Å².